The fourth-order valence-corrected chi connectivity index (χ4v) is 4.83. The third-order valence-corrected chi connectivity index (χ3v) is 6.80. The number of aromatic nitrogens is 1. The number of ether oxygens (including phenoxy) is 1. The molecule has 1 aromatic heterocycles. The van der Waals surface area contributed by atoms with E-state index in [0.29, 0.717) is 18.8 Å². The lowest BCUT2D eigenvalue weighted by molar-refractivity contribution is -0.117. The standard InChI is InChI=1S/C29H25N3O3/c1-19-20(2)30-35-28(19)31-14-15-34-29(31)23-12-13-25(21-8-4-3-5-9-21)24(16-23)18-32-26-11-7-6-10-22(26)17-27(32)33/h3-16,29H,17-18H2,1-2H3. The second kappa shape index (κ2) is 8.47. The van der Waals surface area contributed by atoms with Crippen molar-refractivity contribution in [1.82, 2.24) is 5.16 Å². The third kappa shape index (κ3) is 3.67. The van der Waals surface area contributed by atoms with Gasteiger partial charge in [-0.3, -0.25) is 9.69 Å². The van der Waals surface area contributed by atoms with Gasteiger partial charge in [0.2, 0.25) is 18.0 Å². The van der Waals surface area contributed by atoms with Crippen LogP contribution in [0, 0.1) is 13.8 Å². The molecule has 1 unspecified atom stereocenters. The summed E-state index contributed by atoms with van der Waals surface area (Å²) in [5.41, 5.74) is 8.11. The van der Waals surface area contributed by atoms with Crippen LogP contribution in [-0.2, 0) is 22.5 Å². The maximum atomic E-state index is 13.0. The number of hydrogen-bond acceptors (Lipinski definition) is 5. The Labute approximate surface area is 204 Å². The Kier molecular flexibility index (Phi) is 5.14. The summed E-state index contributed by atoms with van der Waals surface area (Å²) >= 11 is 0. The Morgan fingerprint density at radius 1 is 1.00 bits per heavy atom. The van der Waals surface area contributed by atoms with Gasteiger partial charge >= 0.3 is 0 Å². The number of hydrogen-bond donors (Lipinski definition) is 0. The minimum absolute atomic E-state index is 0.115. The lowest BCUT2D eigenvalue weighted by Crippen LogP contribution is -2.26. The van der Waals surface area contributed by atoms with E-state index in [9.17, 15) is 4.79 Å². The minimum Gasteiger partial charge on any atom is -0.472 e. The number of rotatable bonds is 5. The largest absolute Gasteiger partial charge is 0.472 e. The molecule has 1 amide bonds. The van der Waals surface area contributed by atoms with Gasteiger partial charge in [0.25, 0.3) is 0 Å². The van der Waals surface area contributed by atoms with Gasteiger partial charge in [0, 0.05) is 23.0 Å². The summed E-state index contributed by atoms with van der Waals surface area (Å²) in [4.78, 5) is 16.8. The van der Waals surface area contributed by atoms with Crippen LogP contribution in [0.2, 0.25) is 0 Å². The molecule has 2 aliphatic heterocycles. The van der Waals surface area contributed by atoms with Crippen molar-refractivity contribution in [2.45, 2.75) is 33.0 Å². The molecule has 6 nitrogen and oxygen atoms in total. The van der Waals surface area contributed by atoms with Crippen LogP contribution in [0.5, 0.6) is 0 Å². The van der Waals surface area contributed by atoms with Crippen LogP contribution >= 0.6 is 0 Å². The van der Waals surface area contributed by atoms with E-state index in [0.717, 1.165) is 44.8 Å². The van der Waals surface area contributed by atoms with Gasteiger partial charge < -0.3 is 14.2 Å². The predicted molar refractivity (Wildman–Crippen MR) is 135 cm³/mol. The van der Waals surface area contributed by atoms with Crippen LogP contribution in [0.3, 0.4) is 0 Å². The van der Waals surface area contributed by atoms with Gasteiger partial charge in [0.1, 0.15) is 6.26 Å². The molecule has 0 saturated carbocycles. The number of amides is 1. The van der Waals surface area contributed by atoms with E-state index in [1.807, 2.05) is 72.3 Å². The van der Waals surface area contributed by atoms with Gasteiger partial charge in [-0.1, -0.05) is 65.8 Å². The van der Waals surface area contributed by atoms with Crippen molar-refractivity contribution in [1.29, 1.82) is 0 Å². The van der Waals surface area contributed by atoms with Crippen molar-refractivity contribution < 1.29 is 14.1 Å². The van der Waals surface area contributed by atoms with Crippen molar-refractivity contribution in [2.24, 2.45) is 0 Å². The van der Waals surface area contributed by atoms with Crippen molar-refractivity contribution in [3.8, 4) is 11.1 Å². The second-order valence-corrected chi connectivity index (χ2v) is 8.95. The lowest BCUT2D eigenvalue weighted by Gasteiger charge is -2.25. The third-order valence-electron chi connectivity index (χ3n) is 6.80. The second-order valence-electron chi connectivity index (χ2n) is 8.95. The number of para-hydroxylation sites is 1. The summed E-state index contributed by atoms with van der Waals surface area (Å²) in [6.45, 7) is 4.40. The van der Waals surface area contributed by atoms with Gasteiger partial charge in [0.05, 0.1) is 18.7 Å². The quantitative estimate of drug-likeness (QED) is 0.360. The van der Waals surface area contributed by atoms with Crippen molar-refractivity contribution in [3.63, 3.8) is 0 Å². The van der Waals surface area contributed by atoms with E-state index in [2.05, 4.69) is 35.5 Å². The Morgan fingerprint density at radius 3 is 2.60 bits per heavy atom. The first-order valence-electron chi connectivity index (χ1n) is 11.7. The number of carbonyl (C=O) groups excluding carboxylic acids is 1. The fraction of sp³-hybridized carbons (Fsp3) is 0.172. The minimum atomic E-state index is -0.383. The van der Waals surface area contributed by atoms with Crippen LogP contribution in [0.4, 0.5) is 11.6 Å². The van der Waals surface area contributed by atoms with Crippen LogP contribution in [0.1, 0.15) is 34.2 Å². The lowest BCUT2D eigenvalue weighted by atomic mass is 9.96. The zero-order chi connectivity index (χ0) is 23.9. The van der Waals surface area contributed by atoms with Crippen LogP contribution < -0.4 is 9.80 Å². The molecule has 0 N–H and O–H groups in total. The molecule has 174 valence electrons. The van der Waals surface area contributed by atoms with E-state index < -0.39 is 0 Å². The molecular formula is C29H25N3O3. The van der Waals surface area contributed by atoms with E-state index in [4.69, 9.17) is 9.26 Å². The van der Waals surface area contributed by atoms with Gasteiger partial charge in [-0.15, -0.1) is 0 Å². The van der Waals surface area contributed by atoms with Crippen molar-refractivity contribution >= 4 is 17.5 Å². The normalized spacial score (nSPS) is 16.6. The summed E-state index contributed by atoms with van der Waals surface area (Å²) < 4.78 is 11.6. The van der Waals surface area contributed by atoms with Gasteiger partial charge in [-0.2, -0.15) is 0 Å². The molecule has 4 aromatic rings. The molecule has 2 aliphatic rings. The van der Waals surface area contributed by atoms with Gasteiger partial charge in [-0.25, -0.2) is 0 Å². The molecule has 0 fully saturated rings. The number of benzene rings is 3. The summed E-state index contributed by atoms with van der Waals surface area (Å²) in [5, 5.41) is 4.11. The van der Waals surface area contributed by atoms with E-state index in [-0.39, 0.29) is 12.1 Å². The van der Waals surface area contributed by atoms with Crippen molar-refractivity contribution in [2.75, 3.05) is 9.80 Å². The summed E-state index contributed by atoms with van der Waals surface area (Å²) in [6.07, 6.45) is 3.59. The van der Waals surface area contributed by atoms with Crippen LogP contribution in [0.25, 0.3) is 11.1 Å². The van der Waals surface area contributed by atoms with Gasteiger partial charge in [0.15, 0.2) is 0 Å². The Balaban J connectivity index is 1.41. The maximum absolute atomic E-state index is 13.0. The van der Waals surface area contributed by atoms with Gasteiger partial charge in [-0.05, 0) is 48.2 Å². The monoisotopic (exact) mass is 463 g/mol. The molecule has 0 aliphatic carbocycles. The maximum Gasteiger partial charge on any atom is 0.237 e. The summed E-state index contributed by atoms with van der Waals surface area (Å²) in [7, 11) is 0. The highest BCUT2D eigenvalue weighted by atomic mass is 16.5. The number of nitrogens with zero attached hydrogens (tertiary/aromatic N) is 3. The molecule has 6 heteroatoms. The summed E-state index contributed by atoms with van der Waals surface area (Å²) in [6, 6.07) is 24.6. The fourth-order valence-electron chi connectivity index (χ4n) is 4.83. The molecule has 0 spiro atoms. The molecule has 1 atom stereocenters. The summed E-state index contributed by atoms with van der Waals surface area (Å²) in [5.74, 6) is 0.780. The molecule has 0 bridgehead atoms. The zero-order valence-electron chi connectivity index (χ0n) is 19.6. The average molecular weight is 464 g/mol. The SMILES string of the molecule is Cc1noc(N2C=COC2c2ccc(-c3ccccc3)c(CN3C(=O)Cc4ccccc43)c2)c1C. The highest BCUT2D eigenvalue weighted by Crippen LogP contribution is 2.38. The molecular weight excluding hydrogens is 438 g/mol. The molecule has 3 aromatic carbocycles. The van der Waals surface area contributed by atoms with E-state index in [1.165, 1.54) is 0 Å². The first-order valence-corrected chi connectivity index (χ1v) is 11.7. The number of anilines is 2. The zero-order valence-corrected chi connectivity index (χ0v) is 19.6. The van der Waals surface area contributed by atoms with Crippen LogP contribution in [-0.4, -0.2) is 11.1 Å². The first-order chi connectivity index (χ1) is 17.1. The smallest absolute Gasteiger partial charge is 0.237 e. The Hall–Kier alpha value is -4.32. The Morgan fingerprint density at radius 2 is 1.80 bits per heavy atom. The van der Waals surface area contributed by atoms with Crippen LogP contribution in [0.15, 0.2) is 89.8 Å². The molecule has 3 heterocycles. The van der Waals surface area contributed by atoms with E-state index >= 15 is 0 Å². The first kappa shape index (κ1) is 21.2. The highest BCUT2D eigenvalue weighted by Gasteiger charge is 2.31. The molecule has 35 heavy (non-hydrogen) atoms. The molecule has 0 radical (unpaired) electrons. The topological polar surface area (TPSA) is 58.8 Å². The number of carbonyl (C=O) groups is 1. The van der Waals surface area contributed by atoms with E-state index in [1.54, 1.807) is 6.26 Å². The predicted octanol–water partition coefficient (Wildman–Crippen LogP) is 6.05. The Bertz CT molecular complexity index is 1440. The highest BCUT2D eigenvalue weighted by molar-refractivity contribution is 6.01. The molecule has 6 rings (SSSR count). The number of fused-ring (bicyclic) bond motifs is 1. The molecule has 0 saturated heterocycles. The van der Waals surface area contributed by atoms with Crippen molar-refractivity contribution in [3.05, 3.63) is 113 Å². The average Bonchev–Trinajstić information content (AvgIpc) is 3.58. The number of aryl methyl sites for hydroxylation is 1.